The van der Waals surface area contributed by atoms with Crippen molar-refractivity contribution in [2.45, 2.75) is 38.3 Å². The van der Waals surface area contributed by atoms with E-state index in [0.29, 0.717) is 17.3 Å². The number of aryl methyl sites for hydroxylation is 1. The van der Waals surface area contributed by atoms with Gasteiger partial charge in [-0.15, -0.1) is 0 Å². The van der Waals surface area contributed by atoms with Gasteiger partial charge in [-0.2, -0.15) is 0 Å². The van der Waals surface area contributed by atoms with E-state index >= 15 is 0 Å². The van der Waals surface area contributed by atoms with Gasteiger partial charge in [-0.1, -0.05) is 51.8 Å². The second kappa shape index (κ2) is 12.6. The standard InChI is InChI=1S/C27H29BrClN3O4S/c1-4-30-27(34)20(3)31(17-21-8-10-22(28)11-9-21)26(33)18-32(24-7-5-6-19(2)16-24)37(35,36)25-14-12-23(29)13-15-25/h5-16,20H,4,17-18H2,1-3H3,(H,30,34). The molecule has 0 heterocycles. The van der Waals surface area contributed by atoms with Crippen molar-refractivity contribution in [3.05, 3.63) is 93.4 Å². The lowest BCUT2D eigenvalue weighted by Gasteiger charge is -2.32. The van der Waals surface area contributed by atoms with E-state index in [4.69, 9.17) is 11.6 Å². The number of carbonyl (C=O) groups is 2. The Hall–Kier alpha value is -2.88. The number of halogens is 2. The van der Waals surface area contributed by atoms with Gasteiger partial charge in [0.1, 0.15) is 12.6 Å². The third-order valence-electron chi connectivity index (χ3n) is 5.75. The second-order valence-electron chi connectivity index (χ2n) is 8.52. The average Bonchev–Trinajstić information content (AvgIpc) is 2.86. The average molecular weight is 607 g/mol. The monoisotopic (exact) mass is 605 g/mol. The predicted octanol–water partition coefficient (Wildman–Crippen LogP) is 5.16. The molecule has 0 radical (unpaired) electrons. The van der Waals surface area contributed by atoms with Crippen LogP contribution >= 0.6 is 27.5 Å². The number of hydrogen-bond acceptors (Lipinski definition) is 4. The molecule has 0 aliphatic carbocycles. The number of likely N-dealkylation sites (N-methyl/N-ethyl adjacent to an activating group) is 1. The van der Waals surface area contributed by atoms with E-state index in [1.807, 2.05) is 37.3 Å². The molecule has 37 heavy (non-hydrogen) atoms. The molecule has 1 N–H and O–H groups in total. The van der Waals surface area contributed by atoms with Gasteiger partial charge in [0.25, 0.3) is 10.0 Å². The van der Waals surface area contributed by atoms with Crippen molar-refractivity contribution in [3.63, 3.8) is 0 Å². The minimum absolute atomic E-state index is 0.00226. The lowest BCUT2D eigenvalue weighted by molar-refractivity contribution is -0.139. The van der Waals surface area contributed by atoms with E-state index in [1.54, 1.807) is 32.0 Å². The lowest BCUT2D eigenvalue weighted by Crippen LogP contribution is -2.51. The van der Waals surface area contributed by atoms with Crippen LogP contribution < -0.4 is 9.62 Å². The molecule has 0 saturated carbocycles. The van der Waals surface area contributed by atoms with Gasteiger partial charge in [-0.3, -0.25) is 13.9 Å². The Morgan fingerprint density at radius 1 is 1.03 bits per heavy atom. The van der Waals surface area contributed by atoms with E-state index < -0.39 is 28.5 Å². The first-order chi connectivity index (χ1) is 17.5. The number of benzene rings is 3. The maximum absolute atomic E-state index is 13.8. The topological polar surface area (TPSA) is 86.8 Å². The van der Waals surface area contributed by atoms with E-state index in [1.165, 1.54) is 29.2 Å². The number of amides is 2. The van der Waals surface area contributed by atoms with Crippen molar-refractivity contribution < 1.29 is 18.0 Å². The fourth-order valence-electron chi connectivity index (χ4n) is 3.74. The number of carbonyl (C=O) groups excluding carboxylic acids is 2. The summed E-state index contributed by atoms with van der Waals surface area (Å²) in [6, 6.07) is 19.3. The largest absolute Gasteiger partial charge is 0.355 e. The Bertz CT molecular complexity index is 1350. The molecule has 0 fully saturated rings. The number of sulfonamides is 1. The van der Waals surface area contributed by atoms with E-state index in [-0.39, 0.29) is 17.3 Å². The minimum Gasteiger partial charge on any atom is -0.355 e. The zero-order chi connectivity index (χ0) is 27.2. The normalized spacial score (nSPS) is 12.0. The fraction of sp³-hybridized carbons (Fsp3) is 0.259. The highest BCUT2D eigenvalue weighted by Crippen LogP contribution is 2.26. The molecule has 0 aliphatic heterocycles. The molecular weight excluding hydrogens is 578 g/mol. The summed E-state index contributed by atoms with van der Waals surface area (Å²) in [5, 5.41) is 3.14. The summed E-state index contributed by atoms with van der Waals surface area (Å²) in [7, 11) is -4.13. The van der Waals surface area contributed by atoms with Crippen LogP contribution in [0.2, 0.25) is 5.02 Å². The van der Waals surface area contributed by atoms with E-state index in [9.17, 15) is 18.0 Å². The Morgan fingerprint density at radius 2 is 1.68 bits per heavy atom. The van der Waals surface area contributed by atoms with Crippen LogP contribution in [0.15, 0.2) is 82.2 Å². The van der Waals surface area contributed by atoms with Crippen molar-refractivity contribution in [2.75, 3.05) is 17.4 Å². The third kappa shape index (κ3) is 7.34. The van der Waals surface area contributed by atoms with Crippen LogP contribution in [0.3, 0.4) is 0 Å². The molecular formula is C27H29BrClN3O4S. The first-order valence-corrected chi connectivity index (χ1v) is 14.3. The van der Waals surface area contributed by atoms with Gasteiger partial charge in [0.15, 0.2) is 0 Å². The van der Waals surface area contributed by atoms with Crippen LogP contribution in [0.4, 0.5) is 5.69 Å². The van der Waals surface area contributed by atoms with Gasteiger partial charge in [0.2, 0.25) is 11.8 Å². The summed E-state index contributed by atoms with van der Waals surface area (Å²) in [6.45, 7) is 5.32. The number of nitrogens with zero attached hydrogens (tertiary/aromatic N) is 2. The number of rotatable bonds is 10. The highest BCUT2D eigenvalue weighted by atomic mass is 79.9. The van der Waals surface area contributed by atoms with Gasteiger partial charge in [0.05, 0.1) is 10.6 Å². The molecule has 3 rings (SSSR count). The maximum atomic E-state index is 13.8. The summed E-state index contributed by atoms with van der Waals surface area (Å²) in [5.41, 5.74) is 1.98. The Kier molecular flexibility index (Phi) is 9.75. The predicted molar refractivity (Wildman–Crippen MR) is 150 cm³/mol. The SMILES string of the molecule is CCNC(=O)C(C)N(Cc1ccc(Br)cc1)C(=O)CN(c1cccc(C)c1)S(=O)(=O)c1ccc(Cl)cc1. The molecule has 0 aliphatic rings. The Labute approximate surface area is 231 Å². The van der Waals surface area contributed by atoms with Crippen molar-refractivity contribution in [3.8, 4) is 0 Å². The molecule has 10 heteroatoms. The molecule has 1 atom stereocenters. The summed E-state index contributed by atoms with van der Waals surface area (Å²) < 4.78 is 29.4. The van der Waals surface area contributed by atoms with Gasteiger partial charge < -0.3 is 10.2 Å². The zero-order valence-corrected chi connectivity index (χ0v) is 24.0. The number of anilines is 1. The maximum Gasteiger partial charge on any atom is 0.264 e. The van der Waals surface area contributed by atoms with Crippen LogP contribution in [-0.2, 0) is 26.2 Å². The van der Waals surface area contributed by atoms with Gasteiger partial charge in [-0.05, 0) is 80.4 Å². The molecule has 7 nitrogen and oxygen atoms in total. The molecule has 0 bridgehead atoms. The summed E-state index contributed by atoms with van der Waals surface area (Å²) in [6.07, 6.45) is 0. The van der Waals surface area contributed by atoms with Crippen LogP contribution in [0.25, 0.3) is 0 Å². The van der Waals surface area contributed by atoms with Crippen molar-refractivity contribution in [1.82, 2.24) is 10.2 Å². The van der Waals surface area contributed by atoms with Crippen LogP contribution in [-0.4, -0.2) is 44.3 Å². The van der Waals surface area contributed by atoms with Crippen LogP contribution in [0.5, 0.6) is 0 Å². The quantitative estimate of drug-likeness (QED) is 0.346. The first kappa shape index (κ1) is 28.7. The molecule has 0 aromatic heterocycles. The highest BCUT2D eigenvalue weighted by Gasteiger charge is 2.32. The van der Waals surface area contributed by atoms with E-state index in [2.05, 4.69) is 21.2 Å². The van der Waals surface area contributed by atoms with Crippen molar-refractivity contribution in [1.29, 1.82) is 0 Å². The molecule has 1 unspecified atom stereocenters. The van der Waals surface area contributed by atoms with Gasteiger partial charge in [0, 0.05) is 22.6 Å². The molecule has 3 aromatic carbocycles. The molecule has 0 spiro atoms. The highest BCUT2D eigenvalue weighted by molar-refractivity contribution is 9.10. The summed E-state index contributed by atoms with van der Waals surface area (Å²) >= 11 is 9.37. The number of nitrogens with one attached hydrogen (secondary N) is 1. The number of hydrogen-bond donors (Lipinski definition) is 1. The lowest BCUT2D eigenvalue weighted by atomic mass is 10.1. The van der Waals surface area contributed by atoms with Crippen LogP contribution in [0, 0.1) is 6.92 Å². The van der Waals surface area contributed by atoms with Crippen LogP contribution in [0.1, 0.15) is 25.0 Å². The van der Waals surface area contributed by atoms with Crippen molar-refractivity contribution in [2.24, 2.45) is 0 Å². The third-order valence-corrected chi connectivity index (χ3v) is 8.32. The Morgan fingerprint density at radius 3 is 2.27 bits per heavy atom. The summed E-state index contributed by atoms with van der Waals surface area (Å²) in [5.74, 6) is -0.837. The first-order valence-electron chi connectivity index (χ1n) is 11.7. The molecule has 196 valence electrons. The molecule has 3 aromatic rings. The van der Waals surface area contributed by atoms with Gasteiger partial charge in [-0.25, -0.2) is 8.42 Å². The van der Waals surface area contributed by atoms with Crippen molar-refractivity contribution >= 4 is 55.1 Å². The van der Waals surface area contributed by atoms with E-state index in [0.717, 1.165) is 19.9 Å². The Balaban J connectivity index is 2.02. The van der Waals surface area contributed by atoms with Gasteiger partial charge >= 0.3 is 0 Å². The zero-order valence-electron chi connectivity index (χ0n) is 20.8. The minimum atomic E-state index is -4.13. The smallest absolute Gasteiger partial charge is 0.264 e. The fourth-order valence-corrected chi connectivity index (χ4v) is 5.53. The summed E-state index contributed by atoms with van der Waals surface area (Å²) in [4.78, 5) is 27.9. The molecule has 0 saturated heterocycles. The molecule has 2 amide bonds. The second-order valence-corrected chi connectivity index (χ2v) is 11.7.